The number of benzene rings is 1. The zero-order valence-corrected chi connectivity index (χ0v) is 23.5. The van der Waals surface area contributed by atoms with E-state index in [1.54, 1.807) is 6.20 Å². The highest BCUT2D eigenvalue weighted by molar-refractivity contribution is 5.94. The number of hydrogen-bond donors (Lipinski definition) is 10. The van der Waals surface area contributed by atoms with Crippen LogP contribution in [0.3, 0.4) is 0 Å². The van der Waals surface area contributed by atoms with Crippen molar-refractivity contribution >= 4 is 46.5 Å². The van der Waals surface area contributed by atoms with Crippen LogP contribution in [0.2, 0.25) is 0 Å². The average Bonchev–Trinajstić information content (AvgIpc) is 3.34. The van der Waals surface area contributed by atoms with Crippen molar-refractivity contribution in [2.75, 3.05) is 13.1 Å². The first-order valence-corrected chi connectivity index (χ1v) is 13.4. The molecule has 0 aliphatic heterocycles. The summed E-state index contributed by atoms with van der Waals surface area (Å²) in [7, 11) is 0. The monoisotopic (exact) mass is 587 g/mol. The lowest BCUT2D eigenvalue weighted by Gasteiger charge is -2.24. The Morgan fingerprint density at radius 1 is 0.857 bits per heavy atom. The molecule has 2 aromatic rings. The van der Waals surface area contributed by atoms with Gasteiger partial charge in [0.1, 0.15) is 18.1 Å². The van der Waals surface area contributed by atoms with Crippen molar-refractivity contribution in [3.05, 3.63) is 36.0 Å². The summed E-state index contributed by atoms with van der Waals surface area (Å²) in [5.41, 5.74) is 28.6. The Bertz CT molecular complexity index is 1280. The molecule has 0 bridgehead atoms. The Labute approximate surface area is 242 Å². The summed E-state index contributed by atoms with van der Waals surface area (Å²) in [5, 5.41) is 18.2. The number of nitrogens with two attached hydrogens (primary N) is 5. The molecular formula is C26H41N11O5. The first kappa shape index (κ1) is 33.3. The quantitative estimate of drug-likeness (QED) is 0.0536. The number of aliphatic imine (C=N–C) groups is 2. The Kier molecular flexibility index (Phi) is 13.0. The number of aromatic amines is 1. The number of guanidine groups is 2. The summed E-state index contributed by atoms with van der Waals surface area (Å²) in [6.45, 7) is 1.93. The van der Waals surface area contributed by atoms with E-state index >= 15 is 0 Å². The zero-order chi connectivity index (χ0) is 31.2. The van der Waals surface area contributed by atoms with Crippen LogP contribution >= 0.6 is 0 Å². The molecule has 15 N–H and O–H groups in total. The normalized spacial score (nSPS) is 13.7. The topological polar surface area (TPSA) is 295 Å². The highest BCUT2D eigenvalue weighted by atomic mass is 16.4. The summed E-state index contributed by atoms with van der Waals surface area (Å²) in [5.74, 6) is -3.37. The van der Waals surface area contributed by atoms with Crippen molar-refractivity contribution in [2.24, 2.45) is 38.7 Å². The van der Waals surface area contributed by atoms with Gasteiger partial charge >= 0.3 is 5.97 Å². The minimum atomic E-state index is -1.25. The van der Waals surface area contributed by atoms with E-state index in [-0.39, 0.29) is 37.7 Å². The van der Waals surface area contributed by atoms with Gasteiger partial charge < -0.3 is 54.7 Å². The van der Waals surface area contributed by atoms with E-state index in [0.717, 1.165) is 16.5 Å². The van der Waals surface area contributed by atoms with Crippen LogP contribution in [0.15, 0.2) is 40.4 Å². The number of carbonyl (C=O) groups excluding carboxylic acids is 3. The molecule has 2 rings (SSSR count). The van der Waals surface area contributed by atoms with Gasteiger partial charge in [0, 0.05) is 36.6 Å². The van der Waals surface area contributed by atoms with Gasteiger partial charge in [0.15, 0.2) is 11.9 Å². The van der Waals surface area contributed by atoms with Crippen LogP contribution in [0.4, 0.5) is 0 Å². The predicted molar refractivity (Wildman–Crippen MR) is 159 cm³/mol. The second kappa shape index (κ2) is 16.4. The molecule has 42 heavy (non-hydrogen) atoms. The molecule has 0 radical (unpaired) electrons. The van der Waals surface area contributed by atoms with Gasteiger partial charge in [-0.25, -0.2) is 4.79 Å². The molecular weight excluding hydrogens is 546 g/mol. The van der Waals surface area contributed by atoms with Crippen LogP contribution in [0, 0.1) is 0 Å². The Balaban J connectivity index is 2.13. The second-order valence-corrected chi connectivity index (χ2v) is 9.76. The van der Waals surface area contributed by atoms with Crippen molar-refractivity contribution in [1.29, 1.82) is 0 Å². The van der Waals surface area contributed by atoms with E-state index < -0.39 is 47.9 Å². The van der Waals surface area contributed by atoms with Crippen LogP contribution in [0.25, 0.3) is 10.9 Å². The largest absolute Gasteiger partial charge is 0.480 e. The number of aliphatic carboxylic acids is 1. The number of nitrogens with one attached hydrogen (secondary N) is 4. The van der Waals surface area contributed by atoms with Crippen LogP contribution in [-0.2, 0) is 25.6 Å². The van der Waals surface area contributed by atoms with Crippen molar-refractivity contribution < 1.29 is 24.3 Å². The number of carboxylic acid groups (broad SMARTS) is 1. The van der Waals surface area contributed by atoms with Gasteiger partial charge in [-0.15, -0.1) is 0 Å². The molecule has 1 heterocycles. The molecule has 0 aliphatic carbocycles. The van der Waals surface area contributed by atoms with Crippen LogP contribution in [0.1, 0.15) is 38.2 Å². The number of H-pyrrole nitrogens is 1. The number of fused-ring (bicyclic) bond motifs is 1. The molecule has 0 saturated heterocycles. The number of aromatic nitrogens is 1. The molecule has 3 amide bonds. The van der Waals surface area contributed by atoms with E-state index in [9.17, 15) is 24.3 Å². The van der Waals surface area contributed by atoms with E-state index in [1.165, 1.54) is 6.92 Å². The fourth-order valence-electron chi connectivity index (χ4n) is 4.10. The second-order valence-electron chi connectivity index (χ2n) is 9.76. The van der Waals surface area contributed by atoms with E-state index in [2.05, 4.69) is 30.9 Å². The van der Waals surface area contributed by atoms with Crippen LogP contribution in [-0.4, -0.2) is 83.0 Å². The van der Waals surface area contributed by atoms with Gasteiger partial charge in [-0.1, -0.05) is 18.2 Å². The predicted octanol–water partition coefficient (Wildman–Crippen LogP) is -2.30. The van der Waals surface area contributed by atoms with E-state index in [0.29, 0.717) is 19.4 Å². The molecule has 0 saturated carbocycles. The molecule has 230 valence electrons. The molecule has 0 spiro atoms. The fourth-order valence-corrected chi connectivity index (χ4v) is 4.10. The van der Waals surface area contributed by atoms with Gasteiger partial charge in [0.05, 0.1) is 6.04 Å². The molecule has 0 aliphatic rings. The average molecular weight is 588 g/mol. The lowest BCUT2D eigenvalue weighted by Crippen LogP contribution is -2.57. The Morgan fingerprint density at radius 2 is 1.45 bits per heavy atom. The number of carboxylic acids is 1. The van der Waals surface area contributed by atoms with Crippen molar-refractivity contribution in [2.45, 2.75) is 63.2 Å². The number of para-hydroxylation sites is 1. The van der Waals surface area contributed by atoms with Crippen molar-refractivity contribution in [1.82, 2.24) is 20.9 Å². The van der Waals surface area contributed by atoms with E-state index in [4.69, 9.17) is 28.7 Å². The molecule has 1 aromatic heterocycles. The van der Waals surface area contributed by atoms with Crippen LogP contribution in [0.5, 0.6) is 0 Å². The van der Waals surface area contributed by atoms with Crippen molar-refractivity contribution in [3.8, 4) is 0 Å². The number of amides is 3. The summed E-state index contributed by atoms with van der Waals surface area (Å²) >= 11 is 0. The van der Waals surface area contributed by atoms with Crippen LogP contribution < -0.4 is 44.6 Å². The first-order chi connectivity index (χ1) is 19.9. The third-order valence-electron chi connectivity index (χ3n) is 6.35. The highest BCUT2D eigenvalue weighted by Crippen LogP contribution is 2.19. The van der Waals surface area contributed by atoms with Crippen molar-refractivity contribution in [3.63, 3.8) is 0 Å². The minimum absolute atomic E-state index is 0.0485. The number of hydrogen-bond acceptors (Lipinski definition) is 7. The maximum atomic E-state index is 13.3. The smallest absolute Gasteiger partial charge is 0.326 e. The Morgan fingerprint density at radius 3 is 2.07 bits per heavy atom. The number of carbonyl (C=O) groups is 4. The molecule has 16 nitrogen and oxygen atoms in total. The lowest BCUT2D eigenvalue weighted by atomic mass is 10.0. The molecule has 4 atom stereocenters. The maximum absolute atomic E-state index is 13.3. The standard InChI is InChI=1S/C26H41N11O5/c1-14(35-22(39)17(27)7-4-10-32-25(28)29)21(38)37-20(12-15-13-34-18-8-3-2-6-16(15)18)23(40)36-19(24(41)42)9-5-11-33-26(30)31/h2-3,6,8,13-14,17,19-20,34H,4-5,7,9-12,27H2,1H3,(H,35,39)(H,36,40)(H,37,38)(H,41,42)(H4,28,29,32)(H4,30,31,33). The van der Waals surface area contributed by atoms with Gasteiger partial charge in [-0.3, -0.25) is 24.4 Å². The highest BCUT2D eigenvalue weighted by Gasteiger charge is 2.29. The molecule has 1 aromatic carbocycles. The molecule has 0 fully saturated rings. The molecule has 4 unspecified atom stereocenters. The van der Waals surface area contributed by atoms with Gasteiger partial charge in [0.25, 0.3) is 0 Å². The number of rotatable bonds is 17. The molecule has 16 heteroatoms. The first-order valence-electron chi connectivity index (χ1n) is 13.4. The maximum Gasteiger partial charge on any atom is 0.326 e. The van der Waals surface area contributed by atoms with E-state index in [1.807, 2.05) is 24.3 Å². The van der Waals surface area contributed by atoms with Gasteiger partial charge in [-0.05, 0) is 44.2 Å². The summed E-state index contributed by atoms with van der Waals surface area (Å²) in [4.78, 5) is 61.6. The zero-order valence-electron chi connectivity index (χ0n) is 23.5. The minimum Gasteiger partial charge on any atom is -0.480 e. The summed E-state index contributed by atoms with van der Waals surface area (Å²) < 4.78 is 0. The lowest BCUT2D eigenvalue weighted by molar-refractivity contribution is -0.142. The third-order valence-corrected chi connectivity index (χ3v) is 6.35. The summed E-state index contributed by atoms with van der Waals surface area (Å²) in [6.07, 6.45) is 2.85. The number of nitrogens with zero attached hydrogens (tertiary/aromatic N) is 2. The van der Waals surface area contributed by atoms with Gasteiger partial charge in [-0.2, -0.15) is 0 Å². The SMILES string of the molecule is CC(NC(=O)C(N)CCCN=C(N)N)C(=O)NC(Cc1c[nH]c2ccccc12)C(=O)NC(CCCN=C(N)N)C(=O)O. The van der Waals surface area contributed by atoms with Gasteiger partial charge in [0.2, 0.25) is 17.7 Å². The Hall–Kier alpha value is -4.86. The summed E-state index contributed by atoms with van der Waals surface area (Å²) in [6, 6.07) is 3.05. The fraction of sp³-hybridized carbons (Fsp3) is 0.462. The third kappa shape index (κ3) is 11.0.